The first-order valence-electron chi connectivity index (χ1n) is 8.88. The highest BCUT2D eigenvalue weighted by Crippen LogP contribution is 2.12. The Morgan fingerprint density at radius 2 is 1.45 bits per heavy atom. The number of pyridine rings is 1. The summed E-state index contributed by atoms with van der Waals surface area (Å²) >= 11 is 0. The monoisotopic (exact) mass is 434 g/mol. The van der Waals surface area contributed by atoms with Gasteiger partial charge in [-0.1, -0.05) is 18.2 Å². The van der Waals surface area contributed by atoms with Crippen LogP contribution in [0.4, 0.5) is 0 Å². The fourth-order valence-electron chi connectivity index (χ4n) is 2.66. The maximum absolute atomic E-state index is 5.92. The molecule has 6 nitrogen and oxygen atoms in total. The van der Waals surface area contributed by atoms with E-state index in [1.54, 1.807) is 0 Å². The summed E-state index contributed by atoms with van der Waals surface area (Å²) in [5.74, 6) is 0.848. The largest absolute Gasteiger partial charge is 1.00 e. The Balaban J connectivity index is 0.00000210. The molecule has 8 heteroatoms. The van der Waals surface area contributed by atoms with Crippen molar-refractivity contribution in [1.82, 2.24) is 9.38 Å². The first kappa shape index (κ1) is 24.2. The van der Waals surface area contributed by atoms with Crippen molar-refractivity contribution in [1.29, 1.82) is 0 Å². The fourth-order valence-corrected chi connectivity index (χ4v) is 2.66. The number of imidazole rings is 1. The van der Waals surface area contributed by atoms with Crippen molar-refractivity contribution in [2.24, 2.45) is 0 Å². The minimum Gasteiger partial charge on any atom is -1.00 e. The molecule has 0 spiro atoms. The molecule has 0 saturated heterocycles. The van der Waals surface area contributed by atoms with Crippen molar-refractivity contribution in [3.05, 3.63) is 71.2 Å². The van der Waals surface area contributed by atoms with Crippen LogP contribution in [0.1, 0.15) is 36.2 Å². The second-order valence-corrected chi connectivity index (χ2v) is 5.90. The van der Waals surface area contributed by atoms with E-state index in [1.165, 1.54) is 0 Å². The number of fused-ring (bicyclic) bond motifs is 1. The maximum Gasteiger partial charge on any atom is 0.368 e. The molecule has 1 aromatic carbocycles. The Labute approximate surface area is 182 Å². The van der Waals surface area contributed by atoms with Gasteiger partial charge in [0, 0.05) is 12.4 Å². The molecular formula is C21H24Cl2N4O2. The molecule has 0 aliphatic rings. The summed E-state index contributed by atoms with van der Waals surface area (Å²) in [6, 6.07) is 11.7. The van der Waals surface area contributed by atoms with Gasteiger partial charge in [0.25, 0.3) is 0 Å². The van der Waals surface area contributed by atoms with Crippen LogP contribution in [0.5, 0.6) is 0 Å². The zero-order chi connectivity index (χ0) is 19.2. The SMILES string of the molecule is CCOC(=[NH2+])c1ccc(/C=C/c2cn3cc(C(=[NH2+])OCC)ccc3n2)cc1.[Cl-].[Cl-]. The molecule has 3 aromatic rings. The van der Waals surface area contributed by atoms with Crippen LogP contribution in [0.25, 0.3) is 17.8 Å². The van der Waals surface area contributed by atoms with E-state index in [1.807, 2.05) is 79.2 Å². The minimum absolute atomic E-state index is 0. The topological polar surface area (TPSA) is 86.9 Å². The van der Waals surface area contributed by atoms with Crippen LogP contribution in [0.2, 0.25) is 0 Å². The Morgan fingerprint density at radius 3 is 2.07 bits per heavy atom. The third-order valence-electron chi connectivity index (χ3n) is 4.00. The van der Waals surface area contributed by atoms with Gasteiger partial charge in [-0.2, -0.15) is 0 Å². The van der Waals surface area contributed by atoms with E-state index in [2.05, 4.69) is 4.98 Å². The third kappa shape index (κ3) is 6.07. The zero-order valence-electron chi connectivity index (χ0n) is 16.3. The molecule has 154 valence electrons. The standard InChI is InChI=1S/C21H22N4O2.2ClH/c1-3-26-20(22)16-8-5-15(6-9-16)7-11-18-14-25-13-17(21(23)27-4-2)10-12-19(25)24-18;;/h5-14,22-23H,3-4H2,1-2H3;2*1H/b11-7+,22-20?,23-21?;;. The molecule has 0 fully saturated rings. The molecule has 0 radical (unpaired) electrons. The van der Waals surface area contributed by atoms with Gasteiger partial charge in [-0.3, -0.25) is 0 Å². The van der Waals surface area contributed by atoms with Crippen molar-refractivity contribution in [2.45, 2.75) is 13.8 Å². The predicted octanol–water partition coefficient (Wildman–Crippen LogP) is -5.40. The average Bonchev–Trinajstić information content (AvgIpc) is 3.09. The molecular weight excluding hydrogens is 411 g/mol. The number of hydrogen-bond donors (Lipinski definition) is 2. The Hall–Kier alpha value is -2.83. The van der Waals surface area contributed by atoms with E-state index < -0.39 is 0 Å². The lowest BCUT2D eigenvalue weighted by Gasteiger charge is -2.00. The van der Waals surface area contributed by atoms with Crippen LogP contribution in [0.3, 0.4) is 0 Å². The number of rotatable bonds is 6. The van der Waals surface area contributed by atoms with Gasteiger partial charge in [-0.15, -0.1) is 0 Å². The molecule has 0 amide bonds. The van der Waals surface area contributed by atoms with E-state index in [9.17, 15) is 0 Å². The number of ether oxygens (including phenoxy) is 2. The van der Waals surface area contributed by atoms with Crippen LogP contribution in [0.15, 0.2) is 48.8 Å². The highest BCUT2D eigenvalue weighted by molar-refractivity contribution is 5.90. The summed E-state index contributed by atoms with van der Waals surface area (Å²) < 4.78 is 12.6. The minimum atomic E-state index is 0. The van der Waals surface area contributed by atoms with Gasteiger partial charge < -0.3 is 38.7 Å². The lowest BCUT2D eigenvalue weighted by molar-refractivity contribution is -0.138. The first-order valence-corrected chi connectivity index (χ1v) is 8.88. The van der Waals surface area contributed by atoms with Gasteiger partial charge in [-0.25, -0.2) is 15.8 Å². The van der Waals surface area contributed by atoms with Gasteiger partial charge in [0.15, 0.2) is 0 Å². The Kier molecular flexibility index (Phi) is 9.38. The average molecular weight is 435 g/mol. The van der Waals surface area contributed by atoms with Gasteiger partial charge in [0.1, 0.15) is 11.2 Å². The Morgan fingerprint density at radius 1 is 0.862 bits per heavy atom. The van der Waals surface area contributed by atoms with Crippen molar-refractivity contribution >= 4 is 29.6 Å². The van der Waals surface area contributed by atoms with Gasteiger partial charge in [-0.05, 0) is 49.8 Å². The van der Waals surface area contributed by atoms with Gasteiger partial charge in [0.05, 0.1) is 24.5 Å². The smallest absolute Gasteiger partial charge is 0.368 e. The fraction of sp³-hybridized carbons (Fsp3) is 0.190. The molecule has 2 heterocycles. The van der Waals surface area contributed by atoms with E-state index in [0.29, 0.717) is 25.0 Å². The molecule has 0 bridgehead atoms. The highest BCUT2D eigenvalue weighted by Gasteiger charge is 2.10. The quantitative estimate of drug-likeness (QED) is 0.300. The summed E-state index contributed by atoms with van der Waals surface area (Å²) in [5.41, 5.74) is 4.45. The third-order valence-corrected chi connectivity index (χ3v) is 4.00. The predicted molar refractivity (Wildman–Crippen MR) is 106 cm³/mol. The number of benzene rings is 1. The zero-order valence-corrected chi connectivity index (χ0v) is 17.8. The molecule has 0 saturated carbocycles. The molecule has 29 heavy (non-hydrogen) atoms. The maximum atomic E-state index is 5.92. The summed E-state index contributed by atoms with van der Waals surface area (Å²) in [6.45, 7) is 4.90. The number of hydrogen-bond acceptors (Lipinski definition) is 3. The van der Waals surface area contributed by atoms with Crippen molar-refractivity contribution in [3.63, 3.8) is 0 Å². The van der Waals surface area contributed by atoms with E-state index in [0.717, 1.165) is 28.0 Å². The molecule has 0 aliphatic heterocycles. The number of aromatic nitrogens is 2. The lowest BCUT2D eigenvalue weighted by atomic mass is 10.1. The molecule has 0 unspecified atom stereocenters. The van der Waals surface area contributed by atoms with Crippen molar-refractivity contribution in [2.75, 3.05) is 13.2 Å². The first-order chi connectivity index (χ1) is 13.1. The van der Waals surface area contributed by atoms with Crippen molar-refractivity contribution in [3.8, 4) is 0 Å². The molecule has 4 N–H and O–H groups in total. The number of halogens is 2. The Bertz CT molecular complexity index is 998. The van der Waals surface area contributed by atoms with E-state index in [-0.39, 0.29) is 24.8 Å². The van der Waals surface area contributed by atoms with Gasteiger partial charge in [0.2, 0.25) is 0 Å². The normalized spacial score (nSPS) is 10.3. The van der Waals surface area contributed by atoms with Crippen LogP contribution >= 0.6 is 0 Å². The second kappa shape index (κ2) is 11.2. The second-order valence-electron chi connectivity index (χ2n) is 5.90. The molecule has 0 atom stereocenters. The summed E-state index contributed by atoms with van der Waals surface area (Å²) in [7, 11) is 0. The lowest BCUT2D eigenvalue weighted by Crippen LogP contribution is -3.00. The van der Waals surface area contributed by atoms with E-state index >= 15 is 0 Å². The summed E-state index contributed by atoms with van der Waals surface area (Å²) in [4.78, 5) is 4.59. The molecule has 2 aromatic heterocycles. The van der Waals surface area contributed by atoms with Crippen LogP contribution in [-0.2, 0) is 9.47 Å². The summed E-state index contributed by atoms with van der Waals surface area (Å²) in [5, 5.41) is 11.8. The highest BCUT2D eigenvalue weighted by atomic mass is 35.5. The van der Waals surface area contributed by atoms with Crippen LogP contribution in [-0.4, -0.2) is 34.4 Å². The molecule has 0 aliphatic carbocycles. The number of nitrogens with two attached hydrogens (primary N) is 2. The van der Waals surface area contributed by atoms with Crippen LogP contribution in [0, 0.1) is 0 Å². The number of nitrogens with zero attached hydrogens (tertiary/aromatic N) is 2. The molecule has 3 rings (SSSR count). The van der Waals surface area contributed by atoms with Crippen molar-refractivity contribution < 1.29 is 45.1 Å². The van der Waals surface area contributed by atoms with E-state index in [4.69, 9.17) is 20.3 Å². The summed E-state index contributed by atoms with van der Waals surface area (Å²) in [6.07, 6.45) is 7.83. The van der Waals surface area contributed by atoms with Gasteiger partial charge >= 0.3 is 11.8 Å². The van der Waals surface area contributed by atoms with Crippen LogP contribution < -0.4 is 35.6 Å².